The van der Waals surface area contributed by atoms with E-state index in [1.54, 1.807) is 0 Å². The SMILES string of the molecule is CC(=O)OCCN(CCO)c1nc(N2CCCCC2)c2nc(N(CCOC(C)=O)CCOC(C)=O)nc(N3CCCCC3)c2n1. The summed E-state index contributed by atoms with van der Waals surface area (Å²) in [4.78, 5) is 62.8. The number of esters is 3. The fraction of sp³-hybridized carbons (Fsp3) is 0.700. The number of ether oxygens (including phenoxy) is 3. The van der Waals surface area contributed by atoms with E-state index in [4.69, 9.17) is 34.1 Å². The summed E-state index contributed by atoms with van der Waals surface area (Å²) in [6.07, 6.45) is 6.31. The maximum Gasteiger partial charge on any atom is 0.302 e. The second kappa shape index (κ2) is 16.9. The van der Waals surface area contributed by atoms with Crippen molar-refractivity contribution in [3.05, 3.63) is 0 Å². The van der Waals surface area contributed by atoms with Crippen molar-refractivity contribution in [1.29, 1.82) is 0 Å². The van der Waals surface area contributed by atoms with Crippen molar-refractivity contribution in [2.24, 2.45) is 0 Å². The Bertz CT molecular complexity index is 1280. The highest BCUT2D eigenvalue weighted by Gasteiger charge is 2.27. The molecule has 4 rings (SSSR count). The zero-order chi connectivity index (χ0) is 32.2. The van der Waals surface area contributed by atoms with Gasteiger partial charge in [-0.2, -0.15) is 9.97 Å². The van der Waals surface area contributed by atoms with E-state index in [0.29, 0.717) is 54.2 Å². The number of hydrogen-bond donors (Lipinski definition) is 1. The maximum atomic E-state index is 11.5. The van der Waals surface area contributed by atoms with Crippen molar-refractivity contribution in [3.8, 4) is 0 Å². The number of piperidine rings is 2. The first-order valence-corrected chi connectivity index (χ1v) is 15.9. The minimum Gasteiger partial charge on any atom is -0.464 e. The summed E-state index contributed by atoms with van der Waals surface area (Å²) in [6, 6.07) is 0. The summed E-state index contributed by atoms with van der Waals surface area (Å²) in [5, 5.41) is 9.89. The summed E-state index contributed by atoms with van der Waals surface area (Å²) in [5.74, 6) is 0.986. The Kier molecular flexibility index (Phi) is 12.7. The number of fused-ring (bicyclic) bond motifs is 1. The zero-order valence-corrected chi connectivity index (χ0v) is 26.7. The standard InChI is InChI=1S/C30H46N8O7/c1-22(40)43-19-15-37(14-18-39)29-31-25-26(27(33-29)35-10-6-4-7-11-35)32-30(34-28(25)36-12-8-5-9-13-36)38(16-20-44-23(2)41)17-21-45-24(3)42/h39H,4-21H2,1-3H3. The normalized spacial score (nSPS) is 15.1. The number of nitrogens with zero attached hydrogens (tertiary/aromatic N) is 8. The van der Waals surface area contributed by atoms with E-state index in [9.17, 15) is 19.5 Å². The van der Waals surface area contributed by atoms with E-state index < -0.39 is 11.9 Å². The molecule has 15 nitrogen and oxygen atoms in total. The zero-order valence-electron chi connectivity index (χ0n) is 26.7. The van der Waals surface area contributed by atoms with Gasteiger partial charge < -0.3 is 38.9 Å². The lowest BCUT2D eigenvalue weighted by atomic mass is 10.1. The highest BCUT2D eigenvalue weighted by Crippen LogP contribution is 2.34. The van der Waals surface area contributed by atoms with Gasteiger partial charge in [-0.3, -0.25) is 14.4 Å². The van der Waals surface area contributed by atoms with Crippen LogP contribution in [0.2, 0.25) is 0 Å². The first kappa shape index (κ1) is 33.9. The lowest BCUT2D eigenvalue weighted by molar-refractivity contribution is -0.141. The second-order valence-electron chi connectivity index (χ2n) is 11.2. The number of carbonyl (C=O) groups excluding carboxylic acids is 3. The molecule has 4 heterocycles. The van der Waals surface area contributed by atoms with Gasteiger partial charge in [0.1, 0.15) is 30.9 Å². The van der Waals surface area contributed by atoms with E-state index in [0.717, 1.165) is 64.7 Å². The molecule has 15 heteroatoms. The Morgan fingerprint density at radius 1 is 0.600 bits per heavy atom. The molecule has 2 aromatic rings. The number of hydrogen-bond acceptors (Lipinski definition) is 15. The van der Waals surface area contributed by atoms with Crippen molar-refractivity contribution < 1.29 is 33.7 Å². The monoisotopic (exact) mass is 630 g/mol. The largest absolute Gasteiger partial charge is 0.464 e. The lowest BCUT2D eigenvalue weighted by Crippen LogP contribution is -2.37. The van der Waals surface area contributed by atoms with Gasteiger partial charge in [-0.25, -0.2) is 9.97 Å². The Balaban J connectivity index is 1.87. The van der Waals surface area contributed by atoms with Crippen LogP contribution in [0.1, 0.15) is 59.3 Å². The van der Waals surface area contributed by atoms with Crippen LogP contribution in [-0.4, -0.2) is 122 Å². The summed E-state index contributed by atoms with van der Waals surface area (Å²) < 4.78 is 15.7. The van der Waals surface area contributed by atoms with Crippen LogP contribution in [-0.2, 0) is 28.6 Å². The molecule has 0 bridgehead atoms. The van der Waals surface area contributed by atoms with Gasteiger partial charge in [0, 0.05) is 53.5 Å². The van der Waals surface area contributed by atoms with Gasteiger partial charge in [0.25, 0.3) is 0 Å². The smallest absolute Gasteiger partial charge is 0.302 e. The summed E-state index contributed by atoms with van der Waals surface area (Å²) in [5.41, 5.74) is 1.20. The van der Waals surface area contributed by atoms with Crippen LogP contribution in [0.3, 0.4) is 0 Å². The molecule has 0 atom stereocenters. The molecule has 0 radical (unpaired) electrons. The predicted octanol–water partition coefficient (Wildman–Crippen LogP) is 1.69. The molecule has 248 valence electrons. The lowest BCUT2D eigenvalue weighted by Gasteiger charge is -2.33. The number of aliphatic hydroxyl groups is 1. The molecule has 0 saturated carbocycles. The Labute approximate surface area is 263 Å². The Hall–Kier alpha value is -4.01. The van der Waals surface area contributed by atoms with Gasteiger partial charge >= 0.3 is 17.9 Å². The molecule has 2 aliphatic heterocycles. The van der Waals surface area contributed by atoms with Crippen LogP contribution in [0, 0.1) is 0 Å². The van der Waals surface area contributed by atoms with Crippen LogP contribution in [0.25, 0.3) is 11.0 Å². The van der Waals surface area contributed by atoms with Crippen molar-refractivity contribution in [1.82, 2.24) is 19.9 Å². The van der Waals surface area contributed by atoms with E-state index in [-0.39, 0.29) is 38.9 Å². The fourth-order valence-electron chi connectivity index (χ4n) is 5.54. The minimum atomic E-state index is -0.391. The molecule has 0 amide bonds. The molecule has 2 fully saturated rings. The molecule has 0 aromatic carbocycles. The van der Waals surface area contributed by atoms with Gasteiger partial charge in [-0.15, -0.1) is 0 Å². The molecule has 0 spiro atoms. The third-order valence-electron chi connectivity index (χ3n) is 7.73. The van der Waals surface area contributed by atoms with Crippen molar-refractivity contribution in [3.63, 3.8) is 0 Å². The summed E-state index contributed by atoms with van der Waals surface area (Å²) in [6.45, 7) is 8.67. The van der Waals surface area contributed by atoms with Crippen LogP contribution >= 0.6 is 0 Å². The molecular weight excluding hydrogens is 584 g/mol. The predicted molar refractivity (Wildman–Crippen MR) is 169 cm³/mol. The van der Waals surface area contributed by atoms with Crippen LogP contribution in [0.15, 0.2) is 0 Å². The molecule has 1 N–H and O–H groups in total. The van der Waals surface area contributed by atoms with E-state index >= 15 is 0 Å². The summed E-state index contributed by atoms with van der Waals surface area (Å²) in [7, 11) is 0. The number of aliphatic hydroxyl groups excluding tert-OH is 1. The van der Waals surface area contributed by atoms with Gasteiger partial charge in [0.2, 0.25) is 11.9 Å². The fourth-order valence-corrected chi connectivity index (χ4v) is 5.54. The van der Waals surface area contributed by atoms with Crippen molar-refractivity contribution in [2.45, 2.75) is 59.3 Å². The maximum absolute atomic E-state index is 11.5. The average molecular weight is 631 g/mol. The number of rotatable bonds is 15. The molecule has 0 unspecified atom stereocenters. The first-order valence-electron chi connectivity index (χ1n) is 15.9. The third-order valence-corrected chi connectivity index (χ3v) is 7.73. The Morgan fingerprint density at radius 3 is 1.29 bits per heavy atom. The number of carbonyl (C=O) groups is 3. The summed E-state index contributed by atoms with van der Waals surface area (Å²) >= 11 is 0. The molecule has 2 saturated heterocycles. The van der Waals surface area contributed by atoms with E-state index in [1.165, 1.54) is 20.8 Å². The van der Waals surface area contributed by atoms with Gasteiger partial charge in [0.15, 0.2) is 11.6 Å². The van der Waals surface area contributed by atoms with Crippen molar-refractivity contribution in [2.75, 3.05) is 98.4 Å². The quantitative estimate of drug-likeness (QED) is 0.223. The molecular formula is C30H46N8O7. The van der Waals surface area contributed by atoms with Gasteiger partial charge in [-0.1, -0.05) is 0 Å². The van der Waals surface area contributed by atoms with E-state index in [1.807, 2.05) is 9.80 Å². The van der Waals surface area contributed by atoms with Gasteiger partial charge in [-0.05, 0) is 38.5 Å². The van der Waals surface area contributed by atoms with Crippen LogP contribution < -0.4 is 19.6 Å². The highest BCUT2D eigenvalue weighted by molar-refractivity contribution is 5.95. The minimum absolute atomic E-state index is 0.114. The van der Waals surface area contributed by atoms with Crippen LogP contribution in [0.5, 0.6) is 0 Å². The highest BCUT2D eigenvalue weighted by atomic mass is 16.5. The van der Waals surface area contributed by atoms with Crippen molar-refractivity contribution >= 4 is 52.5 Å². The molecule has 2 aromatic heterocycles. The topological polar surface area (TPSA) is 164 Å². The molecule has 0 aliphatic carbocycles. The molecule has 2 aliphatic rings. The number of anilines is 4. The molecule has 45 heavy (non-hydrogen) atoms. The Morgan fingerprint density at radius 2 is 0.956 bits per heavy atom. The number of aromatic nitrogens is 4. The average Bonchev–Trinajstić information content (AvgIpc) is 3.03. The van der Waals surface area contributed by atoms with E-state index in [2.05, 4.69) is 9.80 Å². The first-order chi connectivity index (χ1) is 21.8. The van der Waals surface area contributed by atoms with Gasteiger partial charge in [0.05, 0.1) is 26.2 Å². The van der Waals surface area contributed by atoms with Crippen LogP contribution in [0.4, 0.5) is 23.5 Å². The third kappa shape index (κ3) is 9.74. The second-order valence-corrected chi connectivity index (χ2v) is 11.2.